The van der Waals surface area contributed by atoms with Crippen molar-refractivity contribution in [1.82, 2.24) is 0 Å². The zero-order valence-corrected chi connectivity index (χ0v) is 15.6. The van der Waals surface area contributed by atoms with E-state index in [1.165, 1.54) is 24.3 Å². The molecule has 0 spiro atoms. The third-order valence-corrected chi connectivity index (χ3v) is 3.92. The summed E-state index contributed by atoms with van der Waals surface area (Å²) in [6.07, 6.45) is -2.04. The summed E-state index contributed by atoms with van der Waals surface area (Å²) in [5.41, 5.74) is -0.138. The van der Waals surface area contributed by atoms with Crippen molar-refractivity contribution in [3.63, 3.8) is 0 Å². The molecule has 1 atom stereocenters. The lowest BCUT2D eigenvalue weighted by Gasteiger charge is -2.21. The van der Waals surface area contributed by atoms with E-state index >= 15 is 0 Å². The van der Waals surface area contributed by atoms with E-state index in [4.69, 9.17) is 4.74 Å². The summed E-state index contributed by atoms with van der Waals surface area (Å²) in [6.45, 7) is 2.44. The lowest BCUT2D eigenvalue weighted by molar-refractivity contribution is -0.224. The largest absolute Gasteiger partial charge is 0.466 e. The Morgan fingerprint density at radius 2 is 1.56 bits per heavy atom. The molecule has 0 aliphatic heterocycles. The molecule has 0 amide bonds. The standard InChI is InChI=1S/C20H27F3O4/c1-2-3-4-5-9-15-26-17(24)13-10-14-18(25)27-19(20(21,22)23)16-11-7-6-8-12-16/h6-8,11-12,19H,2-5,9-10,13-15H2,1H3. The molecule has 1 aromatic carbocycles. The number of hydrogen-bond acceptors (Lipinski definition) is 4. The maximum Gasteiger partial charge on any atom is 0.429 e. The van der Waals surface area contributed by atoms with Gasteiger partial charge in [-0.3, -0.25) is 9.59 Å². The SMILES string of the molecule is CCCCCCCOC(=O)CCCC(=O)OC(c1ccccc1)C(F)(F)F. The van der Waals surface area contributed by atoms with Crippen LogP contribution in [0.4, 0.5) is 13.2 Å². The molecular formula is C20H27F3O4. The van der Waals surface area contributed by atoms with Gasteiger partial charge in [0.05, 0.1) is 6.61 Å². The number of unbranched alkanes of at least 4 members (excludes halogenated alkanes) is 4. The first-order valence-corrected chi connectivity index (χ1v) is 9.31. The fourth-order valence-electron chi connectivity index (χ4n) is 2.48. The molecule has 1 aromatic rings. The summed E-state index contributed by atoms with van der Waals surface area (Å²) in [5.74, 6) is -1.44. The van der Waals surface area contributed by atoms with Crippen molar-refractivity contribution in [3.05, 3.63) is 35.9 Å². The molecule has 0 heterocycles. The number of carbonyl (C=O) groups is 2. The quantitative estimate of drug-likeness (QED) is 0.350. The van der Waals surface area contributed by atoms with Crippen LogP contribution in [0.15, 0.2) is 30.3 Å². The number of alkyl halides is 3. The first kappa shape index (κ1) is 23.0. The second-order valence-corrected chi connectivity index (χ2v) is 6.31. The summed E-state index contributed by atoms with van der Waals surface area (Å²) >= 11 is 0. The molecule has 0 aromatic heterocycles. The average Bonchev–Trinajstić information content (AvgIpc) is 2.62. The van der Waals surface area contributed by atoms with Crippen LogP contribution in [0.3, 0.4) is 0 Å². The number of halogens is 3. The fraction of sp³-hybridized carbons (Fsp3) is 0.600. The molecule has 0 radical (unpaired) electrons. The van der Waals surface area contributed by atoms with Crippen molar-refractivity contribution in [2.75, 3.05) is 6.61 Å². The number of carbonyl (C=O) groups excluding carboxylic acids is 2. The van der Waals surface area contributed by atoms with Crippen LogP contribution in [0.1, 0.15) is 70.0 Å². The summed E-state index contributed by atoms with van der Waals surface area (Å²) in [7, 11) is 0. The third kappa shape index (κ3) is 10.0. The van der Waals surface area contributed by atoms with Gasteiger partial charge in [-0.2, -0.15) is 13.2 Å². The van der Waals surface area contributed by atoms with E-state index in [0.717, 1.165) is 32.1 Å². The third-order valence-electron chi connectivity index (χ3n) is 3.92. The van der Waals surface area contributed by atoms with E-state index in [1.54, 1.807) is 6.07 Å². The minimum absolute atomic E-state index is 0.0217. The second kappa shape index (κ2) is 12.4. The molecular weight excluding hydrogens is 361 g/mol. The van der Waals surface area contributed by atoms with E-state index in [2.05, 4.69) is 11.7 Å². The highest BCUT2D eigenvalue weighted by Gasteiger charge is 2.43. The molecule has 7 heteroatoms. The van der Waals surface area contributed by atoms with Gasteiger partial charge in [0.1, 0.15) is 0 Å². The summed E-state index contributed by atoms with van der Waals surface area (Å²) in [6, 6.07) is 6.97. The van der Waals surface area contributed by atoms with Crippen LogP contribution in [0.25, 0.3) is 0 Å². The van der Waals surface area contributed by atoms with Crippen molar-refractivity contribution in [3.8, 4) is 0 Å². The van der Waals surface area contributed by atoms with Crippen molar-refractivity contribution in [2.24, 2.45) is 0 Å². The second-order valence-electron chi connectivity index (χ2n) is 6.31. The van der Waals surface area contributed by atoms with Crippen molar-refractivity contribution in [1.29, 1.82) is 0 Å². The molecule has 0 aliphatic carbocycles. The molecule has 0 fully saturated rings. The summed E-state index contributed by atoms with van der Waals surface area (Å²) in [4.78, 5) is 23.3. The first-order valence-electron chi connectivity index (χ1n) is 9.31. The summed E-state index contributed by atoms with van der Waals surface area (Å²) in [5, 5.41) is 0. The summed E-state index contributed by atoms with van der Waals surface area (Å²) < 4.78 is 49.0. The Kier molecular flexibility index (Phi) is 10.5. The predicted molar refractivity (Wildman–Crippen MR) is 94.9 cm³/mol. The van der Waals surface area contributed by atoms with Crippen molar-refractivity contribution >= 4 is 11.9 Å². The molecule has 0 aliphatic rings. The Morgan fingerprint density at radius 3 is 2.19 bits per heavy atom. The van der Waals surface area contributed by atoms with Gasteiger partial charge >= 0.3 is 18.1 Å². The van der Waals surface area contributed by atoms with Crippen LogP contribution in [0.5, 0.6) is 0 Å². The van der Waals surface area contributed by atoms with Gasteiger partial charge in [-0.15, -0.1) is 0 Å². The van der Waals surface area contributed by atoms with Crippen LogP contribution < -0.4 is 0 Å². The van der Waals surface area contributed by atoms with E-state index in [-0.39, 0.29) is 24.8 Å². The van der Waals surface area contributed by atoms with Crippen LogP contribution in [-0.4, -0.2) is 24.7 Å². The first-order chi connectivity index (χ1) is 12.8. The highest BCUT2D eigenvalue weighted by Crippen LogP contribution is 2.36. The number of rotatable bonds is 12. The van der Waals surface area contributed by atoms with Gasteiger partial charge in [0.25, 0.3) is 0 Å². The molecule has 0 N–H and O–H groups in total. The molecule has 0 saturated heterocycles. The normalized spacial score (nSPS) is 12.4. The minimum atomic E-state index is -4.70. The maximum absolute atomic E-state index is 13.1. The molecule has 0 saturated carbocycles. The van der Waals surface area contributed by atoms with Crippen LogP contribution >= 0.6 is 0 Å². The fourth-order valence-corrected chi connectivity index (χ4v) is 2.48. The number of benzene rings is 1. The monoisotopic (exact) mass is 388 g/mol. The Morgan fingerprint density at radius 1 is 0.926 bits per heavy atom. The molecule has 4 nitrogen and oxygen atoms in total. The van der Waals surface area contributed by atoms with Gasteiger partial charge in [-0.1, -0.05) is 62.9 Å². The molecule has 1 rings (SSSR count). The smallest absolute Gasteiger partial charge is 0.429 e. The number of esters is 2. The van der Waals surface area contributed by atoms with Crippen LogP contribution in [0, 0.1) is 0 Å². The zero-order chi connectivity index (χ0) is 20.1. The van der Waals surface area contributed by atoms with Crippen LogP contribution in [0.2, 0.25) is 0 Å². The lowest BCUT2D eigenvalue weighted by Crippen LogP contribution is -2.26. The molecule has 27 heavy (non-hydrogen) atoms. The zero-order valence-electron chi connectivity index (χ0n) is 15.6. The van der Waals surface area contributed by atoms with Gasteiger partial charge in [0.2, 0.25) is 6.10 Å². The van der Waals surface area contributed by atoms with Crippen molar-refractivity contribution < 1.29 is 32.2 Å². The van der Waals surface area contributed by atoms with E-state index < -0.39 is 24.2 Å². The Hall–Kier alpha value is -2.05. The van der Waals surface area contributed by atoms with Crippen LogP contribution in [-0.2, 0) is 19.1 Å². The highest BCUT2D eigenvalue weighted by molar-refractivity contribution is 5.72. The Labute approximate surface area is 158 Å². The Balaban J connectivity index is 2.30. The lowest BCUT2D eigenvalue weighted by atomic mass is 10.1. The number of ether oxygens (including phenoxy) is 2. The van der Waals surface area contributed by atoms with E-state index in [0.29, 0.717) is 6.61 Å². The minimum Gasteiger partial charge on any atom is -0.466 e. The molecule has 0 bridgehead atoms. The van der Waals surface area contributed by atoms with Crippen molar-refractivity contribution in [2.45, 2.75) is 70.6 Å². The van der Waals surface area contributed by atoms with Gasteiger partial charge < -0.3 is 9.47 Å². The van der Waals surface area contributed by atoms with Gasteiger partial charge in [-0.25, -0.2) is 0 Å². The molecule has 1 unspecified atom stereocenters. The number of hydrogen-bond donors (Lipinski definition) is 0. The average molecular weight is 388 g/mol. The molecule has 152 valence electrons. The predicted octanol–water partition coefficient (Wildman–Crippen LogP) is 5.52. The van der Waals surface area contributed by atoms with E-state index in [9.17, 15) is 22.8 Å². The van der Waals surface area contributed by atoms with Gasteiger partial charge in [0.15, 0.2) is 0 Å². The Bertz CT molecular complexity index is 558. The van der Waals surface area contributed by atoms with E-state index in [1.807, 2.05) is 0 Å². The highest BCUT2D eigenvalue weighted by atomic mass is 19.4. The van der Waals surface area contributed by atoms with Gasteiger partial charge in [-0.05, 0) is 12.8 Å². The van der Waals surface area contributed by atoms with Gasteiger partial charge in [0, 0.05) is 18.4 Å². The maximum atomic E-state index is 13.1. The topological polar surface area (TPSA) is 52.6 Å².